The van der Waals surface area contributed by atoms with E-state index in [2.05, 4.69) is 6.07 Å². The summed E-state index contributed by atoms with van der Waals surface area (Å²) >= 11 is 0. The van der Waals surface area contributed by atoms with Crippen LogP contribution in [-0.4, -0.2) is 28.5 Å². The molecular formula is C14H19NO2. The van der Waals surface area contributed by atoms with Gasteiger partial charge in [0.15, 0.2) is 0 Å². The van der Waals surface area contributed by atoms with E-state index >= 15 is 0 Å². The van der Waals surface area contributed by atoms with E-state index in [0.29, 0.717) is 6.42 Å². The maximum Gasteiger partial charge on any atom is 0.102 e. The Balaban J connectivity index is 2.30. The number of aliphatic hydroxyl groups excluding tert-OH is 1. The van der Waals surface area contributed by atoms with Gasteiger partial charge in [-0.3, -0.25) is 0 Å². The first-order valence-electron chi connectivity index (χ1n) is 5.95. The molecule has 2 atom stereocenters. The number of allylic oxidation sites excluding steroid dienone is 1. The van der Waals surface area contributed by atoms with Gasteiger partial charge in [-0.05, 0) is 36.5 Å². The predicted octanol–water partition coefficient (Wildman–Crippen LogP) is 1.09. The van der Waals surface area contributed by atoms with E-state index in [4.69, 9.17) is 10.8 Å². The van der Waals surface area contributed by atoms with Gasteiger partial charge in [0, 0.05) is 12.6 Å². The summed E-state index contributed by atoms with van der Waals surface area (Å²) in [5.41, 5.74) is 8.04. The average Bonchev–Trinajstić information content (AvgIpc) is 2.73. The van der Waals surface area contributed by atoms with E-state index in [1.165, 1.54) is 5.56 Å². The van der Waals surface area contributed by atoms with E-state index in [1.807, 2.05) is 24.3 Å². The minimum Gasteiger partial charge on any atom is -0.396 e. The van der Waals surface area contributed by atoms with Gasteiger partial charge in [0.1, 0.15) is 5.60 Å². The van der Waals surface area contributed by atoms with E-state index in [9.17, 15) is 5.11 Å². The van der Waals surface area contributed by atoms with E-state index in [1.54, 1.807) is 6.92 Å². The molecule has 1 aromatic carbocycles. The Labute approximate surface area is 102 Å². The highest BCUT2D eigenvalue weighted by molar-refractivity contribution is 5.78. The van der Waals surface area contributed by atoms with Gasteiger partial charge >= 0.3 is 0 Å². The van der Waals surface area contributed by atoms with Crippen molar-refractivity contribution >= 4 is 5.57 Å². The fraction of sp³-hybridized carbons (Fsp3) is 0.429. The molecule has 1 aliphatic rings. The van der Waals surface area contributed by atoms with Crippen LogP contribution in [0.3, 0.4) is 0 Å². The average molecular weight is 233 g/mol. The molecule has 17 heavy (non-hydrogen) atoms. The highest BCUT2D eigenvalue weighted by Crippen LogP contribution is 2.36. The van der Waals surface area contributed by atoms with Crippen molar-refractivity contribution in [2.24, 2.45) is 5.73 Å². The topological polar surface area (TPSA) is 66.5 Å². The predicted molar refractivity (Wildman–Crippen MR) is 68.4 cm³/mol. The number of benzene rings is 1. The van der Waals surface area contributed by atoms with Crippen LogP contribution in [0.15, 0.2) is 30.3 Å². The zero-order chi connectivity index (χ0) is 12.5. The lowest BCUT2D eigenvalue weighted by molar-refractivity contribution is 0.0806. The monoisotopic (exact) mass is 233 g/mol. The molecule has 92 valence electrons. The summed E-state index contributed by atoms with van der Waals surface area (Å²) in [6.45, 7) is 1.72. The zero-order valence-corrected chi connectivity index (χ0v) is 10.1. The summed E-state index contributed by atoms with van der Waals surface area (Å²) in [4.78, 5) is 0. The van der Waals surface area contributed by atoms with Crippen molar-refractivity contribution in [1.29, 1.82) is 0 Å². The molecule has 3 nitrogen and oxygen atoms in total. The lowest BCUT2D eigenvalue weighted by Crippen LogP contribution is -2.46. The quantitative estimate of drug-likeness (QED) is 0.729. The third-order valence-electron chi connectivity index (χ3n) is 3.54. The number of hydrogen-bond acceptors (Lipinski definition) is 3. The lowest BCUT2D eigenvalue weighted by Gasteiger charge is -2.32. The van der Waals surface area contributed by atoms with Crippen molar-refractivity contribution in [3.63, 3.8) is 0 Å². The fourth-order valence-corrected chi connectivity index (χ4v) is 2.38. The van der Waals surface area contributed by atoms with Gasteiger partial charge in [-0.15, -0.1) is 0 Å². The van der Waals surface area contributed by atoms with Crippen LogP contribution in [0.2, 0.25) is 0 Å². The Bertz CT molecular complexity index is 438. The third kappa shape index (κ3) is 2.14. The zero-order valence-electron chi connectivity index (χ0n) is 10.1. The second-order valence-electron chi connectivity index (χ2n) is 4.75. The van der Waals surface area contributed by atoms with E-state index < -0.39 is 11.6 Å². The standard InChI is InChI=1S/C14H19NO2/c1-14(17,13(15)8-9-16)12-7-6-10-4-2-3-5-11(10)12/h2-5,7,13,16-17H,6,8-9,15H2,1H3. The van der Waals surface area contributed by atoms with Crippen LogP contribution >= 0.6 is 0 Å². The van der Waals surface area contributed by atoms with Crippen LogP contribution in [0, 0.1) is 0 Å². The number of nitrogens with two attached hydrogens (primary N) is 1. The van der Waals surface area contributed by atoms with Gasteiger partial charge in [0.05, 0.1) is 0 Å². The Kier molecular flexibility index (Phi) is 3.33. The second kappa shape index (κ2) is 4.61. The van der Waals surface area contributed by atoms with Gasteiger partial charge in [-0.1, -0.05) is 30.3 Å². The smallest absolute Gasteiger partial charge is 0.102 e. The molecule has 0 heterocycles. The molecule has 0 amide bonds. The molecule has 0 saturated heterocycles. The summed E-state index contributed by atoms with van der Waals surface area (Å²) in [7, 11) is 0. The summed E-state index contributed by atoms with van der Waals surface area (Å²) in [6.07, 6.45) is 3.27. The van der Waals surface area contributed by atoms with Gasteiger partial charge < -0.3 is 15.9 Å². The first-order chi connectivity index (χ1) is 8.07. The molecule has 2 unspecified atom stereocenters. The normalized spacial score (nSPS) is 19.4. The number of fused-ring (bicyclic) bond motifs is 1. The van der Waals surface area contributed by atoms with Crippen molar-refractivity contribution in [3.8, 4) is 0 Å². The number of hydrogen-bond donors (Lipinski definition) is 3. The Morgan fingerprint density at radius 1 is 1.41 bits per heavy atom. The van der Waals surface area contributed by atoms with E-state index in [-0.39, 0.29) is 6.61 Å². The fourth-order valence-electron chi connectivity index (χ4n) is 2.38. The largest absolute Gasteiger partial charge is 0.396 e. The molecule has 0 saturated carbocycles. The molecular weight excluding hydrogens is 214 g/mol. The van der Waals surface area contributed by atoms with Crippen LogP contribution in [0.4, 0.5) is 0 Å². The van der Waals surface area contributed by atoms with Crippen molar-refractivity contribution in [1.82, 2.24) is 0 Å². The van der Waals surface area contributed by atoms with Crippen LogP contribution in [0.25, 0.3) is 5.57 Å². The second-order valence-corrected chi connectivity index (χ2v) is 4.75. The van der Waals surface area contributed by atoms with Gasteiger partial charge in [0.2, 0.25) is 0 Å². The summed E-state index contributed by atoms with van der Waals surface area (Å²) in [6, 6.07) is 7.58. The highest BCUT2D eigenvalue weighted by atomic mass is 16.3. The summed E-state index contributed by atoms with van der Waals surface area (Å²) in [5.74, 6) is 0. The first-order valence-corrected chi connectivity index (χ1v) is 5.95. The Hall–Kier alpha value is -1.16. The summed E-state index contributed by atoms with van der Waals surface area (Å²) < 4.78 is 0. The van der Waals surface area contributed by atoms with Crippen molar-refractivity contribution in [3.05, 3.63) is 41.5 Å². The van der Waals surface area contributed by atoms with E-state index in [0.717, 1.165) is 17.6 Å². The maximum atomic E-state index is 10.6. The lowest BCUT2D eigenvalue weighted by atomic mass is 9.84. The van der Waals surface area contributed by atoms with Crippen LogP contribution in [0.1, 0.15) is 24.5 Å². The van der Waals surface area contributed by atoms with Gasteiger partial charge in [-0.25, -0.2) is 0 Å². The van der Waals surface area contributed by atoms with Gasteiger partial charge in [0.25, 0.3) is 0 Å². The molecule has 1 aliphatic carbocycles. The maximum absolute atomic E-state index is 10.6. The molecule has 0 radical (unpaired) electrons. The van der Waals surface area contributed by atoms with Crippen molar-refractivity contribution < 1.29 is 10.2 Å². The highest BCUT2D eigenvalue weighted by Gasteiger charge is 2.35. The SMILES string of the molecule is CC(O)(C1=CCc2ccccc21)C(N)CCO. The van der Waals surface area contributed by atoms with Crippen LogP contribution in [-0.2, 0) is 6.42 Å². The molecule has 0 aromatic heterocycles. The Morgan fingerprint density at radius 3 is 2.82 bits per heavy atom. The molecule has 0 fully saturated rings. The molecule has 1 aromatic rings. The molecule has 0 bridgehead atoms. The summed E-state index contributed by atoms with van der Waals surface area (Å²) in [5, 5.41) is 19.5. The number of rotatable bonds is 4. The Morgan fingerprint density at radius 2 is 2.12 bits per heavy atom. The molecule has 3 heteroatoms. The molecule has 4 N–H and O–H groups in total. The van der Waals surface area contributed by atoms with Gasteiger partial charge in [-0.2, -0.15) is 0 Å². The number of aliphatic hydroxyl groups is 2. The minimum absolute atomic E-state index is 0.00769. The van der Waals surface area contributed by atoms with Crippen molar-refractivity contribution in [2.75, 3.05) is 6.61 Å². The van der Waals surface area contributed by atoms with Crippen LogP contribution in [0.5, 0.6) is 0 Å². The molecule has 0 spiro atoms. The minimum atomic E-state index is -1.09. The van der Waals surface area contributed by atoms with Crippen molar-refractivity contribution in [2.45, 2.75) is 31.4 Å². The molecule has 2 rings (SSSR count). The molecule has 0 aliphatic heterocycles. The third-order valence-corrected chi connectivity index (χ3v) is 3.54. The van der Waals surface area contributed by atoms with Crippen LogP contribution < -0.4 is 5.73 Å². The first kappa shape index (κ1) is 12.3.